The number of esters is 1. The number of nitrogens with zero attached hydrogens (tertiary/aromatic N) is 1. The minimum Gasteiger partial charge on any atom is -0.484 e. The molecule has 1 N–H and O–H groups in total. The molecule has 0 fully saturated rings. The van der Waals surface area contributed by atoms with Crippen molar-refractivity contribution in [2.45, 2.75) is 33.2 Å². The van der Waals surface area contributed by atoms with Crippen molar-refractivity contribution in [1.29, 1.82) is 5.26 Å². The Morgan fingerprint density at radius 2 is 1.91 bits per heavy atom. The van der Waals surface area contributed by atoms with Crippen LogP contribution in [0.15, 0.2) is 24.3 Å². The summed E-state index contributed by atoms with van der Waals surface area (Å²) in [6.45, 7) is 7.04. The molecule has 0 radical (unpaired) electrons. The fourth-order valence-electron chi connectivity index (χ4n) is 1.81. The number of amides is 1. The molecule has 1 rings (SSSR count). The summed E-state index contributed by atoms with van der Waals surface area (Å²) in [6.07, 6.45) is 0. The Balaban J connectivity index is 2.65. The number of carbonyl (C=O) groups is 2. The summed E-state index contributed by atoms with van der Waals surface area (Å²) >= 11 is 0. The fourth-order valence-corrected chi connectivity index (χ4v) is 1.81. The predicted octanol–water partition coefficient (Wildman–Crippen LogP) is 2.03. The second-order valence-electron chi connectivity index (χ2n) is 5.55. The third-order valence-corrected chi connectivity index (χ3v) is 3.61. The van der Waals surface area contributed by atoms with Gasteiger partial charge in [-0.3, -0.25) is 4.79 Å². The van der Waals surface area contributed by atoms with E-state index in [4.69, 9.17) is 14.7 Å². The minimum absolute atomic E-state index is 0.139. The maximum Gasteiger partial charge on any atom is 0.331 e. The molecule has 0 spiro atoms. The zero-order chi connectivity index (χ0) is 17.5. The minimum atomic E-state index is -1.11. The van der Waals surface area contributed by atoms with Crippen LogP contribution in [0, 0.1) is 17.2 Å². The van der Waals surface area contributed by atoms with Gasteiger partial charge in [0.2, 0.25) is 0 Å². The van der Waals surface area contributed by atoms with E-state index < -0.39 is 17.4 Å². The summed E-state index contributed by atoms with van der Waals surface area (Å²) in [5.41, 5.74) is -0.599. The van der Waals surface area contributed by atoms with Gasteiger partial charge in [-0.25, -0.2) is 4.79 Å². The Labute approximate surface area is 136 Å². The van der Waals surface area contributed by atoms with E-state index in [-0.39, 0.29) is 19.1 Å². The van der Waals surface area contributed by atoms with Crippen LogP contribution in [0.2, 0.25) is 0 Å². The van der Waals surface area contributed by atoms with Crippen molar-refractivity contribution in [3.63, 3.8) is 0 Å². The van der Waals surface area contributed by atoms with Crippen LogP contribution in [0.3, 0.4) is 0 Å². The number of hydrogen-bond acceptors (Lipinski definition) is 5. The Bertz CT molecular complexity index is 590. The number of carbonyl (C=O) groups excluding carboxylic acids is 2. The molecule has 1 aromatic carbocycles. The molecule has 0 aliphatic heterocycles. The molecule has 1 amide bonds. The summed E-state index contributed by atoms with van der Waals surface area (Å²) in [5.74, 6) is -0.553. The smallest absolute Gasteiger partial charge is 0.331 e. The molecule has 23 heavy (non-hydrogen) atoms. The van der Waals surface area contributed by atoms with Gasteiger partial charge >= 0.3 is 5.97 Å². The van der Waals surface area contributed by atoms with Crippen molar-refractivity contribution < 1.29 is 19.1 Å². The normalized spacial score (nSPS) is 12.9. The monoisotopic (exact) mass is 318 g/mol. The van der Waals surface area contributed by atoms with Crippen LogP contribution in [-0.2, 0) is 14.3 Å². The quantitative estimate of drug-likeness (QED) is 0.777. The molecular weight excluding hydrogens is 296 g/mol. The second-order valence-corrected chi connectivity index (χ2v) is 5.55. The average molecular weight is 318 g/mol. The van der Waals surface area contributed by atoms with Crippen molar-refractivity contribution >= 4 is 11.9 Å². The molecule has 0 unspecified atom stereocenters. The third-order valence-electron chi connectivity index (χ3n) is 3.61. The van der Waals surface area contributed by atoms with Gasteiger partial charge in [0.1, 0.15) is 11.3 Å². The molecule has 0 aromatic heterocycles. The van der Waals surface area contributed by atoms with Crippen molar-refractivity contribution in [2.24, 2.45) is 5.92 Å². The summed E-state index contributed by atoms with van der Waals surface area (Å²) in [4.78, 5) is 24.2. The first kappa shape index (κ1) is 18.5. The van der Waals surface area contributed by atoms with Gasteiger partial charge in [0.25, 0.3) is 5.91 Å². The van der Waals surface area contributed by atoms with Crippen LogP contribution >= 0.6 is 0 Å². The van der Waals surface area contributed by atoms with E-state index in [2.05, 4.69) is 5.32 Å². The van der Waals surface area contributed by atoms with Gasteiger partial charge in [0.05, 0.1) is 18.2 Å². The Kier molecular flexibility index (Phi) is 6.58. The van der Waals surface area contributed by atoms with Gasteiger partial charge in [-0.15, -0.1) is 0 Å². The van der Waals surface area contributed by atoms with Crippen LogP contribution < -0.4 is 10.1 Å². The lowest BCUT2D eigenvalue weighted by Gasteiger charge is -2.32. The molecule has 0 bridgehead atoms. The summed E-state index contributed by atoms with van der Waals surface area (Å²) < 4.78 is 10.4. The number of rotatable bonds is 7. The van der Waals surface area contributed by atoms with Crippen LogP contribution in [-0.4, -0.2) is 30.6 Å². The van der Waals surface area contributed by atoms with E-state index in [0.29, 0.717) is 11.3 Å². The largest absolute Gasteiger partial charge is 0.484 e. The molecular formula is C17H22N2O4. The maximum atomic E-state index is 12.1. The van der Waals surface area contributed by atoms with Gasteiger partial charge in [-0.2, -0.15) is 5.26 Å². The highest BCUT2D eigenvalue weighted by Gasteiger charge is 2.39. The molecule has 0 aliphatic carbocycles. The summed E-state index contributed by atoms with van der Waals surface area (Å²) in [7, 11) is 0. The number of ether oxygens (including phenoxy) is 2. The van der Waals surface area contributed by atoms with Gasteiger partial charge in [-0.1, -0.05) is 13.8 Å². The SMILES string of the molecule is CCOC(=O)[C@](C)(NC(=O)COc1ccc(C#N)cc1)C(C)C. The maximum absolute atomic E-state index is 12.1. The second kappa shape index (κ2) is 8.18. The van der Waals surface area contributed by atoms with Crippen LogP contribution in [0.4, 0.5) is 0 Å². The molecule has 1 atom stereocenters. The average Bonchev–Trinajstić information content (AvgIpc) is 2.53. The number of nitriles is 1. The van der Waals surface area contributed by atoms with Gasteiger partial charge in [-0.05, 0) is 44.0 Å². The molecule has 1 aromatic rings. The zero-order valence-corrected chi connectivity index (χ0v) is 13.9. The van der Waals surface area contributed by atoms with E-state index in [1.807, 2.05) is 19.9 Å². The molecule has 0 saturated carbocycles. The van der Waals surface area contributed by atoms with Crippen LogP contribution in [0.5, 0.6) is 5.75 Å². The lowest BCUT2D eigenvalue weighted by molar-refractivity contribution is -0.155. The highest BCUT2D eigenvalue weighted by Crippen LogP contribution is 2.19. The van der Waals surface area contributed by atoms with Crippen molar-refractivity contribution in [1.82, 2.24) is 5.32 Å². The molecule has 6 heteroatoms. The summed E-state index contributed by atoms with van der Waals surface area (Å²) in [5, 5.41) is 11.4. The Morgan fingerprint density at radius 3 is 2.39 bits per heavy atom. The molecule has 0 heterocycles. The number of hydrogen-bond donors (Lipinski definition) is 1. The predicted molar refractivity (Wildman–Crippen MR) is 84.7 cm³/mol. The molecule has 0 saturated heterocycles. The van der Waals surface area contributed by atoms with E-state index in [0.717, 1.165) is 0 Å². The van der Waals surface area contributed by atoms with Gasteiger partial charge in [0, 0.05) is 0 Å². The molecule has 124 valence electrons. The van der Waals surface area contributed by atoms with E-state index in [1.54, 1.807) is 38.1 Å². The third kappa shape index (κ3) is 4.99. The topological polar surface area (TPSA) is 88.4 Å². The number of nitrogens with one attached hydrogen (secondary N) is 1. The van der Waals surface area contributed by atoms with Crippen molar-refractivity contribution in [2.75, 3.05) is 13.2 Å². The first-order valence-corrected chi connectivity index (χ1v) is 7.44. The fraction of sp³-hybridized carbons (Fsp3) is 0.471. The lowest BCUT2D eigenvalue weighted by atomic mass is 9.88. The van der Waals surface area contributed by atoms with Crippen molar-refractivity contribution in [3.05, 3.63) is 29.8 Å². The summed E-state index contributed by atoms with van der Waals surface area (Å²) in [6, 6.07) is 8.42. The Morgan fingerprint density at radius 1 is 1.30 bits per heavy atom. The zero-order valence-electron chi connectivity index (χ0n) is 13.9. The molecule has 0 aliphatic rings. The highest BCUT2D eigenvalue weighted by atomic mass is 16.5. The van der Waals surface area contributed by atoms with Crippen LogP contribution in [0.1, 0.15) is 33.3 Å². The number of benzene rings is 1. The van der Waals surface area contributed by atoms with E-state index in [1.165, 1.54) is 0 Å². The lowest BCUT2D eigenvalue weighted by Crippen LogP contribution is -2.57. The van der Waals surface area contributed by atoms with Crippen molar-refractivity contribution in [3.8, 4) is 11.8 Å². The highest BCUT2D eigenvalue weighted by molar-refractivity contribution is 5.88. The van der Waals surface area contributed by atoms with Crippen LogP contribution in [0.25, 0.3) is 0 Å². The van der Waals surface area contributed by atoms with Gasteiger partial charge in [0.15, 0.2) is 6.61 Å². The standard InChI is InChI=1S/C17H22N2O4/c1-5-22-16(21)17(4,12(2)3)19-15(20)11-23-14-8-6-13(10-18)7-9-14/h6-9,12H,5,11H2,1-4H3,(H,19,20)/t17-/m1/s1. The van der Waals surface area contributed by atoms with Gasteiger partial charge < -0.3 is 14.8 Å². The molecule has 6 nitrogen and oxygen atoms in total. The van der Waals surface area contributed by atoms with E-state index >= 15 is 0 Å². The first-order chi connectivity index (χ1) is 10.8. The van der Waals surface area contributed by atoms with E-state index in [9.17, 15) is 9.59 Å². The Hall–Kier alpha value is -2.55. The first-order valence-electron chi connectivity index (χ1n) is 7.44.